The molecular weight excluding hydrogens is 380 g/mol. The summed E-state index contributed by atoms with van der Waals surface area (Å²) in [7, 11) is 0. The van der Waals surface area contributed by atoms with Crippen LogP contribution in [0.25, 0.3) is 11.3 Å². The van der Waals surface area contributed by atoms with Crippen molar-refractivity contribution >= 4 is 23.3 Å². The predicted octanol–water partition coefficient (Wildman–Crippen LogP) is 4.53. The summed E-state index contributed by atoms with van der Waals surface area (Å²) in [4.78, 5) is 30.8. The van der Waals surface area contributed by atoms with Gasteiger partial charge in [-0.2, -0.15) is 0 Å². The van der Waals surface area contributed by atoms with E-state index in [4.69, 9.17) is 4.42 Å². The fourth-order valence-corrected chi connectivity index (χ4v) is 3.59. The van der Waals surface area contributed by atoms with Crippen LogP contribution in [0, 0.1) is 12.8 Å². The molecule has 7 heteroatoms. The van der Waals surface area contributed by atoms with Crippen LogP contribution in [-0.4, -0.2) is 34.9 Å². The van der Waals surface area contributed by atoms with E-state index in [2.05, 4.69) is 15.6 Å². The van der Waals surface area contributed by atoms with Crippen LogP contribution >= 0.6 is 0 Å². The highest BCUT2D eigenvalue weighted by Gasteiger charge is 2.27. The minimum absolute atomic E-state index is 0.0128. The van der Waals surface area contributed by atoms with E-state index in [9.17, 15) is 9.59 Å². The molecule has 3 aromatic rings. The molecule has 0 aliphatic carbocycles. The lowest BCUT2D eigenvalue weighted by atomic mass is 9.96. The molecule has 3 amide bonds. The smallest absolute Gasteiger partial charge is 0.321 e. The molecule has 0 saturated carbocycles. The van der Waals surface area contributed by atoms with E-state index in [0.717, 1.165) is 22.5 Å². The summed E-state index contributed by atoms with van der Waals surface area (Å²) in [5.74, 6) is 0.562. The Labute approximate surface area is 175 Å². The minimum atomic E-state index is -0.123. The monoisotopic (exact) mass is 404 g/mol. The quantitative estimate of drug-likeness (QED) is 0.669. The first-order chi connectivity index (χ1) is 14.6. The molecule has 1 fully saturated rings. The molecule has 7 nitrogen and oxygen atoms in total. The zero-order valence-corrected chi connectivity index (χ0v) is 16.8. The first-order valence-corrected chi connectivity index (χ1v) is 10.0. The number of benzene rings is 2. The number of oxazole rings is 1. The van der Waals surface area contributed by atoms with E-state index in [1.54, 1.807) is 11.1 Å². The maximum Gasteiger partial charge on any atom is 0.321 e. The van der Waals surface area contributed by atoms with Crippen LogP contribution in [0.2, 0.25) is 0 Å². The first kappa shape index (κ1) is 19.7. The molecule has 2 heterocycles. The maximum absolute atomic E-state index is 12.6. The van der Waals surface area contributed by atoms with E-state index < -0.39 is 0 Å². The zero-order valence-electron chi connectivity index (χ0n) is 16.8. The molecule has 0 unspecified atom stereocenters. The number of likely N-dealkylation sites (tertiary alicyclic amines) is 1. The number of nitrogens with zero attached hydrogens (tertiary/aromatic N) is 2. The van der Waals surface area contributed by atoms with Crippen LogP contribution < -0.4 is 10.6 Å². The lowest BCUT2D eigenvalue weighted by Crippen LogP contribution is -2.43. The molecular formula is C23H24N4O3. The minimum Gasteiger partial charge on any atom is -0.444 e. The lowest BCUT2D eigenvalue weighted by molar-refractivity contribution is -0.121. The van der Waals surface area contributed by atoms with Gasteiger partial charge < -0.3 is 20.0 Å². The number of aryl methyl sites for hydroxylation is 1. The van der Waals surface area contributed by atoms with Crippen molar-refractivity contribution in [3.8, 4) is 11.3 Å². The number of carbonyl (C=O) groups is 2. The summed E-state index contributed by atoms with van der Waals surface area (Å²) in [6.45, 7) is 3.10. The van der Waals surface area contributed by atoms with Gasteiger partial charge in [0.25, 0.3) is 0 Å². The van der Waals surface area contributed by atoms with Gasteiger partial charge in [0, 0.05) is 35.9 Å². The number of amides is 3. The second-order valence-corrected chi connectivity index (χ2v) is 7.49. The Morgan fingerprint density at radius 3 is 2.47 bits per heavy atom. The van der Waals surface area contributed by atoms with Crippen molar-refractivity contribution in [2.75, 3.05) is 23.7 Å². The number of rotatable bonds is 4. The van der Waals surface area contributed by atoms with Gasteiger partial charge in [0.05, 0.1) is 6.20 Å². The Hall–Kier alpha value is -3.61. The highest BCUT2D eigenvalue weighted by Crippen LogP contribution is 2.23. The number of hydrogen-bond acceptors (Lipinski definition) is 4. The van der Waals surface area contributed by atoms with Gasteiger partial charge in [0.15, 0.2) is 12.2 Å². The molecule has 1 aliphatic rings. The van der Waals surface area contributed by atoms with Gasteiger partial charge in [-0.05, 0) is 61.7 Å². The van der Waals surface area contributed by atoms with Crippen molar-refractivity contribution in [1.29, 1.82) is 0 Å². The fraction of sp³-hybridized carbons (Fsp3) is 0.261. The standard InChI is InChI=1S/C23H24N4O3/c1-16-3-2-4-20(13-16)26-23(29)27-11-9-18(10-12-27)22(28)25-19-7-5-17(6-8-19)21-14-24-15-30-21/h2-8,13-15,18H,9-12H2,1H3,(H,25,28)(H,26,29). The molecule has 1 saturated heterocycles. The molecule has 30 heavy (non-hydrogen) atoms. The number of piperidine rings is 1. The first-order valence-electron chi connectivity index (χ1n) is 10.0. The Bertz CT molecular complexity index is 1010. The third-order valence-electron chi connectivity index (χ3n) is 5.29. The van der Waals surface area contributed by atoms with Gasteiger partial charge in [0.1, 0.15) is 0 Å². The molecule has 2 aromatic carbocycles. The largest absolute Gasteiger partial charge is 0.444 e. The van der Waals surface area contributed by atoms with Crippen molar-refractivity contribution in [3.05, 3.63) is 66.7 Å². The summed E-state index contributed by atoms with van der Waals surface area (Å²) in [6, 6.07) is 15.1. The zero-order chi connectivity index (χ0) is 20.9. The fourth-order valence-electron chi connectivity index (χ4n) is 3.59. The topological polar surface area (TPSA) is 87.5 Å². The molecule has 0 atom stereocenters. The SMILES string of the molecule is Cc1cccc(NC(=O)N2CCC(C(=O)Nc3ccc(-c4cnco4)cc3)CC2)c1. The number of urea groups is 1. The van der Waals surface area contributed by atoms with Crippen molar-refractivity contribution < 1.29 is 14.0 Å². The number of aromatic nitrogens is 1. The van der Waals surface area contributed by atoms with E-state index in [1.165, 1.54) is 6.39 Å². The summed E-state index contributed by atoms with van der Waals surface area (Å²) >= 11 is 0. The molecule has 0 radical (unpaired) electrons. The van der Waals surface area contributed by atoms with Crippen LogP contribution in [0.1, 0.15) is 18.4 Å². The third-order valence-corrected chi connectivity index (χ3v) is 5.29. The van der Waals surface area contributed by atoms with Crippen molar-refractivity contribution in [2.45, 2.75) is 19.8 Å². The maximum atomic E-state index is 12.6. The molecule has 0 spiro atoms. The second-order valence-electron chi connectivity index (χ2n) is 7.49. The van der Waals surface area contributed by atoms with Crippen LogP contribution in [0.3, 0.4) is 0 Å². The van der Waals surface area contributed by atoms with Gasteiger partial charge in [0.2, 0.25) is 5.91 Å². The lowest BCUT2D eigenvalue weighted by Gasteiger charge is -2.31. The Morgan fingerprint density at radius 2 is 1.80 bits per heavy atom. The Morgan fingerprint density at radius 1 is 1.03 bits per heavy atom. The number of hydrogen-bond donors (Lipinski definition) is 2. The predicted molar refractivity (Wildman–Crippen MR) is 115 cm³/mol. The average molecular weight is 404 g/mol. The summed E-state index contributed by atoms with van der Waals surface area (Å²) in [6.07, 6.45) is 4.32. The Kier molecular flexibility index (Phi) is 5.79. The highest BCUT2D eigenvalue weighted by atomic mass is 16.3. The van der Waals surface area contributed by atoms with Crippen molar-refractivity contribution in [2.24, 2.45) is 5.92 Å². The molecule has 0 bridgehead atoms. The van der Waals surface area contributed by atoms with Gasteiger partial charge in [-0.1, -0.05) is 12.1 Å². The van der Waals surface area contributed by atoms with Gasteiger partial charge >= 0.3 is 6.03 Å². The molecule has 154 valence electrons. The van der Waals surface area contributed by atoms with Gasteiger partial charge in [-0.3, -0.25) is 4.79 Å². The van der Waals surface area contributed by atoms with Gasteiger partial charge in [-0.15, -0.1) is 0 Å². The van der Waals surface area contributed by atoms with Crippen LogP contribution in [-0.2, 0) is 4.79 Å². The van der Waals surface area contributed by atoms with E-state index in [0.29, 0.717) is 31.7 Å². The van der Waals surface area contributed by atoms with Gasteiger partial charge in [-0.25, -0.2) is 9.78 Å². The number of carbonyl (C=O) groups excluding carboxylic acids is 2. The van der Waals surface area contributed by atoms with Crippen molar-refractivity contribution in [3.63, 3.8) is 0 Å². The van der Waals surface area contributed by atoms with Crippen LogP contribution in [0.5, 0.6) is 0 Å². The average Bonchev–Trinajstić information content (AvgIpc) is 3.29. The van der Waals surface area contributed by atoms with E-state index in [-0.39, 0.29) is 17.9 Å². The summed E-state index contributed by atoms with van der Waals surface area (Å²) < 4.78 is 5.27. The van der Waals surface area contributed by atoms with E-state index in [1.807, 2.05) is 55.5 Å². The highest BCUT2D eigenvalue weighted by molar-refractivity contribution is 5.93. The number of anilines is 2. The normalized spacial score (nSPS) is 14.4. The van der Waals surface area contributed by atoms with E-state index >= 15 is 0 Å². The van der Waals surface area contributed by atoms with Crippen molar-refractivity contribution in [1.82, 2.24) is 9.88 Å². The molecule has 2 N–H and O–H groups in total. The second kappa shape index (κ2) is 8.82. The molecule has 1 aliphatic heterocycles. The molecule has 1 aromatic heterocycles. The summed E-state index contributed by atoms with van der Waals surface area (Å²) in [5, 5.41) is 5.90. The van der Waals surface area contributed by atoms with Crippen LogP contribution in [0.15, 0.2) is 65.5 Å². The molecule has 4 rings (SSSR count). The number of nitrogens with one attached hydrogen (secondary N) is 2. The Balaban J connectivity index is 1.27. The third kappa shape index (κ3) is 4.68. The summed E-state index contributed by atoms with van der Waals surface area (Å²) in [5.41, 5.74) is 3.52. The van der Waals surface area contributed by atoms with Crippen LogP contribution in [0.4, 0.5) is 16.2 Å².